The number of nitrogens with zero attached hydrogens (tertiary/aromatic N) is 1. The normalized spacial score (nSPS) is 11.0. The Labute approximate surface area is 184 Å². The number of furan rings is 1. The number of hydrogen-bond donors (Lipinski definition) is 2. The van der Waals surface area contributed by atoms with E-state index in [2.05, 4.69) is 35.4 Å². The molecule has 0 fully saturated rings. The highest BCUT2D eigenvalue weighted by molar-refractivity contribution is 7.80. The van der Waals surface area contributed by atoms with Crippen molar-refractivity contribution in [3.05, 3.63) is 92.3 Å². The zero-order chi connectivity index (χ0) is 20.9. The highest BCUT2D eigenvalue weighted by Gasteiger charge is 2.15. The van der Waals surface area contributed by atoms with Crippen LogP contribution in [0.2, 0.25) is 0 Å². The van der Waals surface area contributed by atoms with Crippen molar-refractivity contribution in [3.63, 3.8) is 0 Å². The van der Waals surface area contributed by atoms with Crippen LogP contribution in [-0.4, -0.2) is 15.0 Å². The van der Waals surface area contributed by atoms with Crippen molar-refractivity contribution in [3.8, 4) is 0 Å². The maximum Gasteiger partial charge on any atom is 0.253 e. The molecular weight excluding hydrogens is 414 g/mol. The molecule has 30 heavy (non-hydrogen) atoms. The summed E-state index contributed by atoms with van der Waals surface area (Å²) in [6.45, 7) is 3.68. The van der Waals surface area contributed by atoms with Crippen LogP contribution in [0.5, 0.6) is 0 Å². The summed E-state index contributed by atoms with van der Waals surface area (Å²) < 4.78 is 5.38. The number of hydrogen-bond acceptors (Lipinski definition) is 4. The van der Waals surface area contributed by atoms with E-state index in [4.69, 9.17) is 16.6 Å². The number of pyridine rings is 1. The number of aromatic nitrogens is 1. The Morgan fingerprint density at radius 1 is 1.20 bits per heavy atom. The molecule has 0 radical (unpaired) electrons. The van der Waals surface area contributed by atoms with Crippen LogP contribution in [0.3, 0.4) is 0 Å². The van der Waals surface area contributed by atoms with E-state index in [0.29, 0.717) is 30.3 Å². The Bertz CT molecular complexity index is 1180. The summed E-state index contributed by atoms with van der Waals surface area (Å²) in [4.78, 5) is 18.9. The summed E-state index contributed by atoms with van der Waals surface area (Å²) in [5.41, 5.74) is 2.70. The van der Waals surface area contributed by atoms with Gasteiger partial charge in [0.05, 0.1) is 25.9 Å². The molecule has 1 aromatic carbocycles. The molecule has 3 heterocycles. The molecule has 0 unspecified atom stereocenters. The fraction of sp³-hybridized carbons (Fsp3) is 0.217. The van der Waals surface area contributed by atoms with Gasteiger partial charge in [0.15, 0.2) is 5.11 Å². The van der Waals surface area contributed by atoms with E-state index in [1.807, 2.05) is 40.6 Å². The van der Waals surface area contributed by atoms with Crippen LogP contribution in [-0.2, 0) is 26.1 Å². The first kappa shape index (κ1) is 20.4. The zero-order valence-corrected chi connectivity index (χ0v) is 18.3. The molecule has 5 nitrogen and oxygen atoms in total. The van der Waals surface area contributed by atoms with Crippen molar-refractivity contribution in [1.29, 1.82) is 0 Å². The van der Waals surface area contributed by atoms with E-state index in [9.17, 15) is 4.79 Å². The minimum absolute atomic E-state index is 0.0863. The van der Waals surface area contributed by atoms with Gasteiger partial charge in [-0.05, 0) is 71.4 Å². The van der Waals surface area contributed by atoms with E-state index in [1.165, 1.54) is 10.4 Å². The van der Waals surface area contributed by atoms with Crippen LogP contribution in [0, 0.1) is 0 Å². The van der Waals surface area contributed by atoms with Gasteiger partial charge in [0.1, 0.15) is 5.76 Å². The molecule has 0 spiro atoms. The molecule has 4 aromatic rings. The molecule has 0 aliphatic carbocycles. The third kappa shape index (κ3) is 4.80. The number of thiocarbonyl (C=S) groups is 1. The molecule has 0 amide bonds. The van der Waals surface area contributed by atoms with Gasteiger partial charge >= 0.3 is 0 Å². The number of rotatable bonds is 7. The SMILES string of the molecule is CCc1ccc2[nH]c(=O)c(CN(Cc3cccs3)C(=S)NCc3ccco3)cc2c1. The van der Waals surface area contributed by atoms with Gasteiger partial charge in [-0.1, -0.05) is 19.1 Å². The van der Waals surface area contributed by atoms with Gasteiger partial charge < -0.3 is 19.6 Å². The molecule has 7 heteroatoms. The van der Waals surface area contributed by atoms with Gasteiger partial charge in [-0.2, -0.15) is 0 Å². The van der Waals surface area contributed by atoms with Crippen LogP contribution in [0.15, 0.2) is 69.4 Å². The summed E-state index contributed by atoms with van der Waals surface area (Å²) in [6.07, 6.45) is 2.60. The second-order valence-corrected chi connectivity index (χ2v) is 8.49. The lowest BCUT2D eigenvalue weighted by Crippen LogP contribution is -2.39. The van der Waals surface area contributed by atoms with Crippen molar-refractivity contribution in [2.75, 3.05) is 0 Å². The van der Waals surface area contributed by atoms with E-state index in [1.54, 1.807) is 17.6 Å². The molecule has 0 aliphatic rings. The van der Waals surface area contributed by atoms with Crippen LogP contribution in [0.4, 0.5) is 0 Å². The average Bonchev–Trinajstić information content (AvgIpc) is 3.46. The first-order chi connectivity index (χ1) is 14.6. The van der Waals surface area contributed by atoms with Crippen molar-refractivity contribution >= 4 is 39.6 Å². The van der Waals surface area contributed by atoms with Gasteiger partial charge in [-0.25, -0.2) is 0 Å². The topological polar surface area (TPSA) is 61.3 Å². The van der Waals surface area contributed by atoms with Crippen LogP contribution < -0.4 is 10.9 Å². The monoisotopic (exact) mass is 437 g/mol. The Kier molecular flexibility index (Phi) is 6.30. The molecule has 3 aromatic heterocycles. The van der Waals surface area contributed by atoms with Gasteiger partial charge in [0.2, 0.25) is 0 Å². The van der Waals surface area contributed by atoms with Gasteiger partial charge in [-0.3, -0.25) is 4.79 Å². The molecule has 154 valence electrons. The van der Waals surface area contributed by atoms with E-state index >= 15 is 0 Å². The molecule has 0 atom stereocenters. The van der Waals surface area contributed by atoms with Gasteiger partial charge in [-0.15, -0.1) is 11.3 Å². The standard InChI is InChI=1S/C23H23N3O2S2/c1-2-16-7-8-21-17(11-16)12-18(22(27)25-21)14-26(15-20-6-4-10-30-20)23(29)24-13-19-5-3-9-28-19/h3-12H,2,13-15H2,1H3,(H,24,29)(H,25,27). The van der Waals surface area contributed by atoms with Gasteiger partial charge in [0.25, 0.3) is 5.56 Å². The first-order valence-electron chi connectivity index (χ1n) is 9.84. The molecule has 0 aliphatic heterocycles. The number of thiophene rings is 1. The maximum absolute atomic E-state index is 12.7. The summed E-state index contributed by atoms with van der Waals surface area (Å²) in [6, 6.07) is 16.0. The first-order valence-corrected chi connectivity index (χ1v) is 11.1. The zero-order valence-electron chi connectivity index (χ0n) is 16.7. The van der Waals surface area contributed by atoms with Crippen molar-refractivity contribution < 1.29 is 4.42 Å². The highest BCUT2D eigenvalue weighted by Crippen LogP contribution is 2.17. The number of fused-ring (bicyclic) bond motifs is 1. The maximum atomic E-state index is 12.7. The molecule has 0 bridgehead atoms. The van der Waals surface area contributed by atoms with Crippen LogP contribution in [0.25, 0.3) is 10.9 Å². The Morgan fingerprint density at radius 2 is 2.10 bits per heavy atom. The third-order valence-electron chi connectivity index (χ3n) is 4.96. The summed E-state index contributed by atoms with van der Waals surface area (Å²) in [7, 11) is 0. The predicted octanol–water partition coefficient (Wildman–Crippen LogP) is 4.82. The Balaban J connectivity index is 1.59. The molecule has 2 N–H and O–H groups in total. The Morgan fingerprint density at radius 3 is 2.83 bits per heavy atom. The van der Waals surface area contributed by atoms with E-state index in [0.717, 1.165) is 23.1 Å². The van der Waals surface area contributed by atoms with Crippen molar-refractivity contribution in [2.45, 2.75) is 33.0 Å². The largest absolute Gasteiger partial charge is 0.467 e. The number of nitrogens with one attached hydrogen (secondary N) is 2. The third-order valence-corrected chi connectivity index (χ3v) is 6.23. The lowest BCUT2D eigenvalue weighted by Gasteiger charge is -2.25. The molecular formula is C23H23N3O2S2. The second kappa shape index (κ2) is 9.28. The lowest BCUT2D eigenvalue weighted by atomic mass is 10.1. The van der Waals surface area contributed by atoms with E-state index < -0.39 is 0 Å². The van der Waals surface area contributed by atoms with Gasteiger partial charge in [0, 0.05) is 16.0 Å². The smallest absolute Gasteiger partial charge is 0.253 e. The Hall–Kier alpha value is -2.90. The number of aryl methyl sites for hydroxylation is 1. The highest BCUT2D eigenvalue weighted by atomic mass is 32.1. The fourth-order valence-electron chi connectivity index (χ4n) is 3.32. The summed E-state index contributed by atoms with van der Waals surface area (Å²) >= 11 is 7.34. The lowest BCUT2D eigenvalue weighted by molar-refractivity contribution is 0.396. The van der Waals surface area contributed by atoms with E-state index in [-0.39, 0.29) is 5.56 Å². The fourth-order valence-corrected chi connectivity index (χ4v) is 4.24. The van der Waals surface area contributed by atoms with Crippen molar-refractivity contribution in [2.24, 2.45) is 0 Å². The molecule has 0 saturated carbocycles. The number of aromatic amines is 1. The molecule has 4 rings (SSSR count). The second-order valence-electron chi connectivity index (χ2n) is 7.07. The minimum atomic E-state index is -0.0863. The number of benzene rings is 1. The number of H-pyrrole nitrogens is 1. The minimum Gasteiger partial charge on any atom is -0.467 e. The summed E-state index contributed by atoms with van der Waals surface area (Å²) in [5.74, 6) is 0.809. The quantitative estimate of drug-likeness (QED) is 0.406. The summed E-state index contributed by atoms with van der Waals surface area (Å²) in [5, 5.41) is 6.91. The van der Waals surface area contributed by atoms with Crippen LogP contribution in [0.1, 0.15) is 28.7 Å². The molecule has 0 saturated heterocycles. The van der Waals surface area contributed by atoms with Crippen LogP contribution >= 0.6 is 23.6 Å². The average molecular weight is 438 g/mol. The predicted molar refractivity (Wildman–Crippen MR) is 126 cm³/mol. The van der Waals surface area contributed by atoms with Crippen molar-refractivity contribution in [1.82, 2.24) is 15.2 Å².